The second-order valence-electron chi connectivity index (χ2n) is 6.62. The molecule has 0 aromatic heterocycles. The fraction of sp³-hybridized carbons (Fsp3) is 0.300. The summed E-state index contributed by atoms with van der Waals surface area (Å²) in [5, 5.41) is 14.1. The predicted molar refractivity (Wildman–Crippen MR) is 102 cm³/mol. The minimum atomic E-state index is -0.964. The van der Waals surface area contributed by atoms with Crippen molar-refractivity contribution in [3.63, 3.8) is 0 Å². The van der Waals surface area contributed by atoms with E-state index in [9.17, 15) is 19.7 Å². The molecule has 9 nitrogen and oxygen atoms in total. The first kappa shape index (κ1) is 20.1. The van der Waals surface area contributed by atoms with Crippen LogP contribution in [0.5, 0.6) is 11.5 Å². The second kappa shape index (κ2) is 8.59. The molecule has 0 saturated carbocycles. The van der Waals surface area contributed by atoms with E-state index in [4.69, 9.17) is 14.2 Å². The third-order valence-electron chi connectivity index (χ3n) is 4.19. The molecule has 0 bridgehead atoms. The number of para-hydroxylation sites is 2. The molecule has 3 rings (SSSR count). The number of nitrogens with zero attached hydrogens (tertiary/aromatic N) is 1. The van der Waals surface area contributed by atoms with E-state index >= 15 is 0 Å². The number of amides is 1. The van der Waals surface area contributed by atoms with Crippen molar-refractivity contribution in [2.75, 3.05) is 6.79 Å². The molecule has 0 fully saturated rings. The number of nitro groups is 1. The molecule has 9 heteroatoms. The molecule has 1 atom stereocenters. The number of ether oxygens (including phenoxy) is 3. The summed E-state index contributed by atoms with van der Waals surface area (Å²) in [4.78, 5) is 36.0. The molecule has 1 aliphatic heterocycles. The molecule has 1 aliphatic rings. The van der Waals surface area contributed by atoms with Crippen molar-refractivity contribution in [2.24, 2.45) is 0 Å². The van der Waals surface area contributed by atoms with Crippen molar-refractivity contribution in [3.05, 3.63) is 63.7 Å². The van der Waals surface area contributed by atoms with Gasteiger partial charge in [0.25, 0.3) is 11.6 Å². The molecule has 0 saturated heterocycles. The third-order valence-corrected chi connectivity index (χ3v) is 4.19. The molecule has 1 amide bonds. The number of nitrogens with one attached hydrogen (secondary N) is 1. The maximum absolute atomic E-state index is 12.9. The van der Waals surface area contributed by atoms with E-state index in [1.807, 2.05) is 0 Å². The quantitative estimate of drug-likeness (QED) is 0.431. The SMILES string of the molecule is CC(C)OC(=O)CC(NC(=O)c1cccc2c1OCO2)c1ccccc1[N+](=O)[O-]. The van der Waals surface area contributed by atoms with E-state index in [2.05, 4.69) is 5.32 Å². The van der Waals surface area contributed by atoms with Gasteiger partial charge in [0.1, 0.15) is 0 Å². The highest BCUT2D eigenvalue weighted by molar-refractivity contribution is 5.98. The fourth-order valence-corrected chi connectivity index (χ4v) is 3.01. The van der Waals surface area contributed by atoms with E-state index < -0.39 is 22.8 Å². The number of hydrogen-bond acceptors (Lipinski definition) is 7. The monoisotopic (exact) mass is 400 g/mol. The number of nitro benzene ring substituents is 1. The van der Waals surface area contributed by atoms with Gasteiger partial charge in [-0.1, -0.05) is 24.3 Å². The van der Waals surface area contributed by atoms with Crippen LogP contribution in [0.1, 0.15) is 42.2 Å². The Kier molecular flexibility index (Phi) is 5.96. The molecule has 152 valence electrons. The first-order chi connectivity index (χ1) is 13.9. The predicted octanol–water partition coefficient (Wildman–Crippen LogP) is 3.14. The first-order valence-corrected chi connectivity index (χ1v) is 8.99. The summed E-state index contributed by atoms with van der Waals surface area (Å²) < 4.78 is 15.8. The standard InChI is InChI=1S/C20H20N2O7/c1-12(2)29-18(23)10-15(13-6-3-4-8-16(13)22(25)26)21-20(24)14-7-5-9-17-19(14)28-11-27-17/h3-9,12,15H,10-11H2,1-2H3,(H,21,24). The minimum absolute atomic E-state index is 0.00603. The van der Waals surface area contributed by atoms with Gasteiger partial charge in [-0.25, -0.2) is 0 Å². The molecule has 2 aromatic rings. The lowest BCUT2D eigenvalue weighted by Crippen LogP contribution is -2.31. The molecule has 1 unspecified atom stereocenters. The van der Waals surface area contributed by atoms with Crippen LogP contribution in [0.2, 0.25) is 0 Å². The number of carbonyl (C=O) groups excluding carboxylic acids is 2. The zero-order chi connectivity index (χ0) is 21.0. The van der Waals surface area contributed by atoms with Crippen LogP contribution >= 0.6 is 0 Å². The van der Waals surface area contributed by atoms with E-state index in [0.29, 0.717) is 5.75 Å². The van der Waals surface area contributed by atoms with Crippen molar-refractivity contribution in [2.45, 2.75) is 32.4 Å². The molecular weight excluding hydrogens is 380 g/mol. The Hall–Kier alpha value is -3.62. The molecule has 0 radical (unpaired) electrons. The Morgan fingerprint density at radius 2 is 1.93 bits per heavy atom. The summed E-state index contributed by atoms with van der Waals surface area (Å²) in [6, 6.07) is 9.82. The van der Waals surface area contributed by atoms with Gasteiger partial charge < -0.3 is 19.5 Å². The van der Waals surface area contributed by atoms with Gasteiger partial charge in [0, 0.05) is 6.07 Å². The number of fused-ring (bicyclic) bond motifs is 1. The van der Waals surface area contributed by atoms with Crippen LogP contribution in [0.4, 0.5) is 5.69 Å². The Morgan fingerprint density at radius 3 is 2.66 bits per heavy atom. The van der Waals surface area contributed by atoms with Gasteiger partial charge in [-0.05, 0) is 26.0 Å². The summed E-state index contributed by atoms with van der Waals surface area (Å²) in [5.41, 5.74) is 0.213. The van der Waals surface area contributed by atoms with Crippen LogP contribution in [0.3, 0.4) is 0 Å². The maximum atomic E-state index is 12.9. The van der Waals surface area contributed by atoms with Crippen LogP contribution in [-0.4, -0.2) is 29.7 Å². The molecule has 2 aromatic carbocycles. The summed E-state index contributed by atoms with van der Waals surface area (Å²) in [7, 11) is 0. The number of benzene rings is 2. The minimum Gasteiger partial charge on any atom is -0.463 e. The van der Waals surface area contributed by atoms with Crippen LogP contribution in [-0.2, 0) is 9.53 Å². The van der Waals surface area contributed by atoms with E-state index in [0.717, 1.165) is 0 Å². The van der Waals surface area contributed by atoms with Gasteiger partial charge in [0.2, 0.25) is 6.79 Å². The van der Waals surface area contributed by atoms with Crippen LogP contribution in [0, 0.1) is 10.1 Å². The lowest BCUT2D eigenvalue weighted by Gasteiger charge is -2.20. The van der Waals surface area contributed by atoms with Crippen LogP contribution < -0.4 is 14.8 Å². The first-order valence-electron chi connectivity index (χ1n) is 8.99. The molecule has 0 aliphatic carbocycles. The lowest BCUT2D eigenvalue weighted by molar-refractivity contribution is -0.385. The smallest absolute Gasteiger partial charge is 0.308 e. The number of rotatable bonds is 7. The zero-order valence-corrected chi connectivity index (χ0v) is 15.9. The summed E-state index contributed by atoms with van der Waals surface area (Å²) in [6.07, 6.45) is -0.617. The lowest BCUT2D eigenvalue weighted by atomic mass is 10.0. The van der Waals surface area contributed by atoms with Crippen molar-refractivity contribution >= 4 is 17.6 Å². The van der Waals surface area contributed by atoms with Gasteiger partial charge in [-0.2, -0.15) is 0 Å². The summed E-state index contributed by atoms with van der Waals surface area (Å²) in [5.74, 6) is -0.413. The van der Waals surface area contributed by atoms with Gasteiger partial charge in [0.05, 0.1) is 34.6 Å². The Labute approximate surface area is 166 Å². The zero-order valence-electron chi connectivity index (χ0n) is 15.9. The Morgan fingerprint density at radius 1 is 1.17 bits per heavy atom. The fourth-order valence-electron chi connectivity index (χ4n) is 3.01. The average molecular weight is 400 g/mol. The highest BCUT2D eigenvalue weighted by Gasteiger charge is 2.29. The number of hydrogen-bond donors (Lipinski definition) is 1. The van der Waals surface area contributed by atoms with Gasteiger partial charge in [0.15, 0.2) is 11.5 Å². The van der Waals surface area contributed by atoms with Crippen molar-refractivity contribution in [1.29, 1.82) is 0 Å². The molecule has 0 spiro atoms. The number of carbonyl (C=O) groups is 2. The highest BCUT2D eigenvalue weighted by Crippen LogP contribution is 2.36. The van der Waals surface area contributed by atoms with E-state index in [1.165, 1.54) is 18.2 Å². The van der Waals surface area contributed by atoms with E-state index in [1.54, 1.807) is 38.1 Å². The van der Waals surface area contributed by atoms with Gasteiger partial charge >= 0.3 is 5.97 Å². The molecule has 1 N–H and O–H groups in total. The van der Waals surface area contributed by atoms with Crippen LogP contribution in [0.25, 0.3) is 0 Å². The van der Waals surface area contributed by atoms with Crippen molar-refractivity contribution in [1.82, 2.24) is 5.32 Å². The highest BCUT2D eigenvalue weighted by atomic mass is 16.7. The second-order valence-corrected chi connectivity index (χ2v) is 6.62. The van der Waals surface area contributed by atoms with Crippen molar-refractivity contribution < 1.29 is 28.7 Å². The van der Waals surface area contributed by atoms with Gasteiger partial charge in [-0.3, -0.25) is 19.7 Å². The molecular formula is C20H20N2O7. The molecule has 29 heavy (non-hydrogen) atoms. The normalized spacial score (nSPS) is 13.1. The third kappa shape index (κ3) is 4.63. The average Bonchev–Trinajstić information content (AvgIpc) is 3.15. The largest absolute Gasteiger partial charge is 0.463 e. The topological polar surface area (TPSA) is 117 Å². The summed E-state index contributed by atoms with van der Waals surface area (Å²) >= 11 is 0. The maximum Gasteiger partial charge on any atom is 0.308 e. The summed E-state index contributed by atoms with van der Waals surface area (Å²) in [6.45, 7) is 3.38. The van der Waals surface area contributed by atoms with E-state index in [-0.39, 0.29) is 41.9 Å². The Bertz CT molecular complexity index is 942. The van der Waals surface area contributed by atoms with Crippen LogP contribution in [0.15, 0.2) is 42.5 Å². The molecule has 1 heterocycles. The number of esters is 1. The Balaban J connectivity index is 1.92. The van der Waals surface area contributed by atoms with Gasteiger partial charge in [-0.15, -0.1) is 0 Å². The van der Waals surface area contributed by atoms with Crippen molar-refractivity contribution in [3.8, 4) is 11.5 Å².